The van der Waals surface area contributed by atoms with Crippen molar-refractivity contribution in [3.8, 4) is 0 Å². The number of hydrogen-bond acceptors (Lipinski definition) is 7. The number of nitrogens with one attached hydrogen (secondary N) is 2. The average Bonchev–Trinajstić information content (AvgIpc) is 2.42. The molecule has 0 radical (unpaired) electrons. The van der Waals surface area contributed by atoms with Crippen molar-refractivity contribution >= 4 is 17.5 Å². The number of aromatic nitrogens is 2. The minimum Gasteiger partial charge on any atom is -0.361 e. The van der Waals surface area contributed by atoms with Crippen LogP contribution in [-0.4, -0.2) is 52.5 Å². The molecule has 0 aromatic carbocycles. The lowest BCUT2D eigenvalue weighted by Gasteiger charge is -2.35. The third-order valence-corrected chi connectivity index (χ3v) is 3.73. The summed E-state index contributed by atoms with van der Waals surface area (Å²) in [6.45, 7) is 6.68. The zero-order chi connectivity index (χ0) is 15.4. The summed E-state index contributed by atoms with van der Waals surface area (Å²) in [6.07, 6.45) is 2.20. The Morgan fingerprint density at radius 1 is 1.57 bits per heavy atom. The second kappa shape index (κ2) is 6.66. The molecule has 1 saturated heterocycles. The largest absolute Gasteiger partial charge is 0.361 e. The molecule has 116 valence electrons. The molecular weight excluding hydrogens is 272 g/mol. The maximum absolute atomic E-state index is 11.1. The van der Waals surface area contributed by atoms with Crippen molar-refractivity contribution in [1.29, 1.82) is 0 Å². The second-order valence-corrected chi connectivity index (χ2v) is 5.49. The third kappa shape index (κ3) is 3.78. The summed E-state index contributed by atoms with van der Waals surface area (Å²) in [6, 6.07) is 0.185. The number of piperidine rings is 1. The Hall–Kier alpha value is -1.96. The molecule has 2 heterocycles. The van der Waals surface area contributed by atoms with Gasteiger partial charge in [0, 0.05) is 19.1 Å². The van der Waals surface area contributed by atoms with Gasteiger partial charge in [-0.1, -0.05) is 6.92 Å². The monoisotopic (exact) mass is 294 g/mol. The minimum atomic E-state index is -0.447. The van der Waals surface area contributed by atoms with Crippen LogP contribution in [0.2, 0.25) is 0 Å². The highest BCUT2D eigenvalue weighted by Gasteiger charge is 2.27. The van der Waals surface area contributed by atoms with Crippen LogP contribution in [0.25, 0.3) is 0 Å². The summed E-state index contributed by atoms with van der Waals surface area (Å²) in [5, 5.41) is 17.3. The van der Waals surface area contributed by atoms with E-state index in [1.54, 1.807) is 0 Å². The molecule has 1 aliphatic heterocycles. The van der Waals surface area contributed by atoms with Gasteiger partial charge in [0.25, 0.3) is 0 Å². The Bertz CT molecular complexity index is 509. The first-order valence-electron chi connectivity index (χ1n) is 7.21. The van der Waals surface area contributed by atoms with E-state index in [4.69, 9.17) is 0 Å². The van der Waals surface area contributed by atoms with E-state index in [2.05, 4.69) is 39.5 Å². The zero-order valence-electron chi connectivity index (χ0n) is 12.7. The predicted octanol–water partition coefficient (Wildman–Crippen LogP) is 1.57. The van der Waals surface area contributed by atoms with Crippen molar-refractivity contribution < 1.29 is 4.92 Å². The highest BCUT2D eigenvalue weighted by molar-refractivity contribution is 5.57. The summed E-state index contributed by atoms with van der Waals surface area (Å²) in [5.74, 6) is 1.11. The lowest BCUT2D eigenvalue weighted by molar-refractivity contribution is -0.384. The molecule has 8 nitrogen and oxygen atoms in total. The van der Waals surface area contributed by atoms with Gasteiger partial charge in [0.1, 0.15) is 6.20 Å². The molecule has 1 aromatic heterocycles. The molecule has 0 amide bonds. The molecule has 0 bridgehead atoms. The van der Waals surface area contributed by atoms with Gasteiger partial charge < -0.3 is 15.5 Å². The van der Waals surface area contributed by atoms with Crippen molar-refractivity contribution in [1.82, 2.24) is 14.9 Å². The van der Waals surface area contributed by atoms with Gasteiger partial charge in [-0.05, 0) is 32.9 Å². The Labute approximate surface area is 124 Å². The molecule has 2 N–H and O–H groups in total. The molecule has 2 atom stereocenters. The number of nitrogens with zero attached hydrogens (tertiary/aromatic N) is 4. The van der Waals surface area contributed by atoms with Gasteiger partial charge in [0.2, 0.25) is 11.8 Å². The molecule has 1 aromatic rings. The number of nitro groups is 1. The molecule has 2 unspecified atom stereocenters. The van der Waals surface area contributed by atoms with Gasteiger partial charge in [-0.25, -0.2) is 4.98 Å². The molecule has 0 spiro atoms. The van der Waals surface area contributed by atoms with Crippen LogP contribution in [-0.2, 0) is 0 Å². The second-order valence-electron chi connectivity index (χ2n) is 5.49. The van der Waals surface area contributed by atoms with E-state index in [1.807, 2.05) is 6.92 Å². The van der Waals surface area contributed by atoms with E-state index in [9.17, 15) is 10.1 Å². The van der Waals surface area contributed by atoms with Crippen LogP contribution in [0.4, 0.5) is 17.5 Å². The van der Waals surface area contributed by atoms with Gasteiger partial charge in [0.15, 0.2) is 0 Å². The van der Waals surface area contributed by atoms with E-state index >= 15 is 0 Å². The molecule has 0 saturated carbocycles. The molecule has 1 fully saturated rings. The molecule has 0 aliphatic carbocycles. The number of hydrogen-bond donors (Lipinski definition) is 2. The lowest BCUT2D eigenvalue weighted by atomic mass is 9.94. The first kappa shape index (κ1) is 15.4. The third-order valence-electron chi connectivity index (χ3n) is 3.73. The Kier molecular flexibility index (Phi) is 4.89. The Morgan fingerprint density at radius 2 is 2.33 bits per heavy atom. The van der Waals surface area contributed by atoms with Crippen molar-refractivity contribution in [2.45, 2.75) is 26.3 Å². The van der Waals surface area contributed by atoms with Crippen LogP contribution in [0, 0.1) is 16.0 Å². The van der Waals surface area contributed by atoms with Crippen LogP contribution in [0.3, 0.4) is 0 Å². The van der Waals surface area contributed by atoms with Crippen LogP contribution >= 0.6 is 0 Å². The smallest absolute Gasteiger partial charge is 0.329 e. The maximum Gasteiger partial charge on any atom is 0.329 e. The van der Waals surface area contributed by atoms with E-state index in [0.29, 0.717) is 24.2 Å². The lowest BCUT2D eigenvalue weighted by Crippen LogP contribution is -2.43. The van der Waals surface area contributed by atoms with Crippen LogP contribution in [0.5, 0.6) is 0 Å². The zero-order valence-corrected chi connectivity index (χ0v) is 12.7. The van der Waals surface area contributed by atoms with Gasteiger partial charge in [-0.15, -0.1) is 0 Å². The number of likely N-dealkylation sites (tertiary alicyclic amines) is 1. The standard InChI is InChI=1S/C13H22N6O2/c1-4-14-13-15-7-11(19(20)21)12(17-13)16-10-5-6-18(3)8-9(10)2/h7,9-10H,4-6,8H2,1-3H3,(H2,14,15,16,17). The van der Waals surface area contributed by atoms with E-state index < -0.39 is 4.92 Å². The van der Waals surface area contributed by atoms with Gasteiger partial charge in [-0.2, -0.15) is 4.98 Å². The fourth-order valence-corrected chi connectivity index (χ4v) is 2.60. The summed E-state index contributed by atoms with van der Waals surface area (Å²) >= 11 is 0. The number of anilines is 2. The molecule has 8 heteroatoms. The van der Waals surface area contributed by atoms with E-state index in [0.717, 1.165) is 19.5 Å². The van der Waals surface area contributed by atoms with E-state index in [-0.39, 0.29) is 11.7 Å². The summed E-state index contributed by atoms with van der Waals surface area (Å²) in [4.78, 5) is 21.1. The molecule has 2 rings (SSSR count). The van der Waals surface area contributed by atoms with Crippen molar-refractivity contribution in [2.24, 2.45) is 5.92 Å². The molecule has 1 aliphatic rings. The fourth-order valence-electron chi connectivity index (χ4n) is 2.60. The normalized spacial score (nSPS) is 22.8. The van der Waals surface area contributed by atoms with Crippen LogP contribution in [0.15, 0.2) is 6.20 Å². The topological polar surface area (TPSA) is 96.2 Å². The first-order chi connectivity index (χ1) is 10.0. The quantitative estimate of drug-likeness (QED) is 0.628. The molecule has 21 heavy (non-hydrogen) atoms. The summed E-state index contributed by atoms with van der Waals surface area (Å²) in [5.41, 5.74) is -0.0808. The van der Waals surface area contributed by atoms with Gasteiger partial charge >= 0.3 is 5.69 Å². The van der Waals surface area contributed by atoms with E-state index in [1.165, 1.54) is 6.20 Å². The van der Waals surface area contributed by atoms with Crippen molar-refractivity contribution in [3.63, 3.8) is 0 Å². The van der Waals surface area contributed by atoms with Crippen LogP contribution in [0.1, 0.15) is 20.3 Å². The number of rotatable bonds is 5. The average molecular weight is 294 g/mol. The minimum absolute atomic E-state index is 0.0808. The van der Waals surface area contributed by atoms with Gasteiger partial charge in [0.05, 0.1) is 4.92 Å². The highest BCUT2D eigenvalue weighted by Crippen LogP contribution is 2.26. The summed E-state index contributed by atoms with van der Waals surface area (Å²) < 4.78 is 0. The SMILES string of the molecule is CCNc1ncc([N+](=O)[O-])c(NC2CCN(C)CC2C)n1. The first-order valence-corrected chi connectivity index (χ1v) is 7.21. The molecular formula is C13H22N6O2. The maximum atomic E-state index is 11.1. The summed E-state index contributed by atoms with van der Waals surface area (Å²) in [7, 11) is 2.09. The predicted molar refractivity (Wildman–Crippen MR) is 81.5 cm³/mol. The fraction of sp³-hybridized carbons (Fsp3) is 0.692. The van der Waals surface area contributed by atoms with Crippen LogP contribution < -0.4 is 10.6 Å². The van der Waals surface area contributed by atoms with Crippen molar-refractivity contribution in [3.05, 3.63) is 16.3 Å². The van der Waals surface area contributed by atoms with Gasteiger partial charge in [-0.3, -0.25) is 10.1 Å². The highest BCUT2D eigenvalue weighted by atomic mass is 16.6. The Balaban J connectivity index is 2.20. The Morgan fingerprint density at radius 3 is 2.95 bits per heavy atom. The van der Waals surface area contributed by atoms with Crippen molar-refractivity contribution in [2.75, 3.05) is 37.3 Å².